The van der Waals surface area contributed by atoms with Gasteiger partial charge in [0.1, 0.15) is 17.2 Å². The Kier molecular flexibility index (Phi) is 5.02. The number of carbonyl (C=O) groups is 2. The second kappa shape index (κ2) is 7.52. The average molecular weight is 419 g/mol. The summed E-state index contributed by atoms with van der Waals surface area (Å²) in [6.07, 6.45) is 1.20. The van der Waals surface area contributed by atoms with Crippen LogP contribution in [0.3, 0.4) is 0 Å². The van der Waals surface area contributed by atoms with Crippen molar-refractivity contribution in [3.05, 3.63) is 63.1 Å². The first-order valence-corrected chi connectivity index (χ1v) is 9.41. The van der Waals surface area contributed by atoms with Crippen molar-refractivity contribution in [2.75, 3.05) is 6.54 Å². The third-order valence-electron chi connectivity index (χ3n) is 5.29. The lowest BCUT2D eigenvalue weighted by atomic mass is 10.1. The third-order valence-corrected chi connectivity index (χ3v) is 5.29. The van der Waals surface area contributed by atoms with Crippen LogP contribution in [-0.4, -0.2) is 45.3 Å². The number of rotatable bonds is 3. The Labute approximate surface area is 169 Å². The van der Waals surface area contributed by atoms with Gasteiger partial charge >= 0.3 is 0 Å². The van der Waals surface area contributed by atoms with Crippen LogP contribution in [0.15, 0.2) is 29.2 Å². The molecule has 8 nitrogen and oxygen atoms in total. The Morgan fingerprint density at radius 2 is 2.10 bits per heavy atom. The number of hydrogen-bond acceptors (Lipinski definition) is 5. The monoisotopic (exact) mass is 419 g/mol. The number of aromatic nitrogens is 1. The summed E-state index contributed by atoms with van der Waals surface area (Å²) in [5.41, 5.74) is -1.57. The summed E-state index contributed by atoms with van der Waals surface area (Å²) in [6.45, 7) is 2.17. The molecular formula is C20H19F2N3O5. The van der Waals surface area contributed by atoms with E-state index in [2.05, 4.69) is 5.32 Å². The molecule has 1 fully saturated rings. The van der Waals surface area contributed by atoms with Crippen LogP contribution >= 0.6 is 0 Å². The molecule has 0 saturated carbocycles. The normalized spacial score (nSPS) is 20.5. The van der Waals surface area contributed by atoms with Crippen LogP contribution in [-0.2, 0) is 17.8 Å². The predicted octanol–water partition coefficient (Wildman–Crippen LogP) is 1.35. The number of amides is 2. The van der Waals surface area contributed by atoms with Gasteiger partial charge in [-0.1, -0.05) is 6.07 Å². The van der Waals surface area contributed by atoms with Gasteiger partial charge < -0.3 is 24.6 Å². The molecule has 1 aromatic heterocycles. The van der Waals surface area contributed by atoms with E-state index in [1.54, 1.807) is 0 Å². The summed E-state index contributed by atoms with van der Waals surface area (Å²) < 4.78 is 33.8. The molecular weight excluding hydrogens is 400 g/mol. The number of nitrogens with zero attached hydrogens (tertiary/aromatic N) is 2. The van der Waals surface area contributed by atoms with Gasteiger partial charge in [-0.2, -0.15) is 0 Å². The summed E-state index contributed by atoms with van der Waals surface area (Å²) >= 11 is 0. The van der Waals surface area contributed by atoms with Gasteiger partial charge in [0.25, 0.3) is 11.8 Å². The molecule has 2 aromatic rings. The Bertz CT molecular complexity index is 1100. The van der Waals surface area contributed by atoms with Crippen LogP contribution in [0, 0.1) is 11.6 Å². The fourth-order valence-electron chi connectivity index (χ4n) is 3.67. The van der Waals surface area contributed by atoms with Crippen molar-refractivity contribution in [2.24, 2.45) is 0 Å². The summed E-state index contributed by atoms with van der Waals surface area (Å²) in [7, 11) is 0. The second-order valence-corrected chi connectivity index (χ2v) is 7.33. The summed E-state index contributed by atoms with van der Waals surface area (Å²) in [5.74, 6) is -3.82. The first kappa shape index (κ1) is 20.0. The van der Waals surface area contributed by atoms with Crippen molar-refractivity contribution in [2.45, 2.75) is 38.8 Å². The standard InChI is InChI=1S/C20H19F2N3O5/c1-10-4-5-25-15(30-10)9-24-8-13(17(26)18(27)16(24)20(25)29)19(28)23-7-11-2-3-12(21)6-14(11)22/h2-3,6,8,10,15,27H,4-5,7,9H2,1H3,(H,23,28)/t10?,15-/m0/s1. The molecule has 158 valence electrons. The van der Waals surface area contributed by atoms with Crippen molar-refractivity contribution < 1.29 is 28.2 Å². The molecule has 2 atom stereocenters. The van der Waals surface area contributed by atoms with Gasteiger partial charge in [0.15, 0.2) is 17.7 Å². The topological polar surface area (TPSA) is 101 Å². The predicted molar refractivity (Wildman–Crippen MR) is 99.9 cm³/mol. The maximum atomic E-state index is 13.8. The molecule has 2 N–H and O–H groups in total. The van der Waals surface area contributed by atoms with Crippen molar-refractivity contribution in [1.82, 2.24) is 14.8 Å². The van der Waals surface area contributed by atoms with Gasteiger partial charge in [0, 0.05) is 30.9 Å². The number of pyridine rings is 1. The fraction of sp³-hybridized carbons (Fsp3) is 0.350. The molecule has 30 heavy (non-hydrogen) atoms. The molecule has 10 heteroatoms. The maximum Gasteiger partial charge on any atom is 0.276 e. The van der Waals surface area contributed by atoms with Crippen molar-refractivity contribution in [1.29, 1.82) is 0 Å². The number of ether oxygens (including phenoxy) is 1. The van der Waals surface area contributed by atoms with Crippen LogP contribution < -0.4 is 10.7 Å². The number of fused-ring (bicyclic) bond motifs is 2. The van der Waals surface area contributed by atoms with E-state index in [-0.39, 0.29) is 30.5 Å². The molecule has 1 unspecified atom stereocenters. The highest BCUT2D eigenvalue weighted by Crippen LogP contribution is 2.28. The lowest BCUT2D eigenvalue weighted by Crippen LogP contribution is -2.55. The molecule has 2 aliphatic rings. The zero-order chi connectivity index (χ0) is 21.6. The molecule has 0 aliphatic carbocycles. The zero-order valence-electron chi connectivity index (χ0n) is 16.0. The Hall–Kier alpha value is -3.27. The van der Waals surface area contributed by atoms with Crippen LogP contribution in [0.4, 0.5) is 8.78 Å². The quantitative estimate of drug-likeness (QED) is 0.782. The van der Waals surface area contributed by atoms with E-state index in [4.69, 9.17) is 4.74 Å². The maximum absolute atomic E-state index is 13.8. The minimum atomic E-state index is -1.00. The van der Waals surface area contributed by atoms with Crippen LogP contribution in [0.25, 0.3) is 0 Å². The van der Waals surface area contributed by atoms with Gasteiger partial charge in [0.05, 0.1) is 12.6 Å². The number of aromatic hydroxyl groups is 1. The first-order valence-electron chi connectivity index (χ1n) is 9.41. The van der Waals surface area contributed by atoms with E-state index in [1.807, 2.05) is 6.92 Å². The van der Waals surface area contributed by atoms with E-state index >= 15 is 0 Å². The lowest BCUT2D eigenvalue weighted by molar-refractivity contribution is -0.127. The molecule has 1 saturated heterocycles. The fourth-order valence-corrected chi connectivity index (χ4v) is 3.67. The second-order valence-electron chi connectivity index (χ2n) is 7.33. The minimum absolute atomic E-state index is 0.0300. The van der Waals surface area contributed by atoms with E-state index in [0.29, 0.717) is 19.0 Å². The molecule has 0 bridgehead atoms. The van der Waals surface area contributed by atoms with Crippen molar-refractivity contribution in [3.8, 4) is 5.75 Å². The minimum Gasteiger partial charge on any atom is -0.503 e. The first-order chi connectivity index (χ1) is 14.3. The molecule has 4 rings (SSSR count). The Morgan fingerprint density at radius 1 is 1.33 bits per heavy atom. The molecule has 1 aromatic carbocycles. The van der Waals surface area contributed by atoms with Crippen LogP contribution in [0.1, 0.15) is 39.8 Å². The van der Waals surface area contributed by atoms with Crippen molar-refractivity contribution >= 4 is 11.8 Å². The smallest absolute Gasteiger partial charge is 0.276 e. The Morgan fingerprint density at radius 3 is 2.83 bits per heavy atom. The van der Waals surface area contributed by atoms with Gasteiger partial charge in [-0.3, -0.25) is 14.4 Å². The molecule has 2 amide bonds. The molecule has 0 spiro atoms. The zero-order valence-corrected chi connectivity index (χ0v) is 16.0. The van der Waals surface area contributed by atoms with Gasteiger partial charge in [-0.25, -0.2) is 8.78 Å². The average Bonchev–Trinajstić information content (AvgIpc) is 2.69. The van der Waals surface area contributed by atoms with Crippen LogP contribution in [0.5, 0.6) is 5.75 Å². The number of halogens is 2. The number of benzene rings is 1. The number of nitrogens with one attached hydrogen (secondary N) is 1. The number of carbonyl (C=O) groups excluding carboxylic acids is 2. The summed E-state index contributed by atoms with van der Waals surface area (Å²) in [6, 6.07) is 2.91. The SMILES string of the molecule is CC1CCN2C(=O)c3c(O)c(=O)c(C(=O)NCc4ccc(F)cc4F)cn3C[C@@H]2O1. The lowest BCUT2D eigenvalue weighted by Gasteiger charge is -2.42. The van der Waals surface area contributed by atoms with Gasteiger partial charge in [-0.05, 0) is 19.4 Å². The highest BCUT2D eigenvalue weighted by molar-refractivity contribution is 5.99. The summed E-state index contributed by atoms with van der Waals surface area (Å²) in [4.78, 5) is 39.2. The van der Waals surface area contributed by atoms with E-state index in [0.717, 1.165) is 6.07 Å². The van der Waals surface area contributed by atoms with Gasteiger partial charge in [0.2, 0.25) is 5.43 Å². The van der Waals surface area contributed by atoms with E-state index in [9.17, 15) is 28.3 Å². The largest absolute Gasteiger partial charge is 0.503 e. The van der Waals surface area contributed by atoms with Crippen LogP contribution in [0.2, 0.25) is 0 Å². The highest BCUT2D eigenvalue weighted by Gasteiger charge is 2.39. The molecule has 2 aliphatic heterocycles. The molecule has 3 heterocycles. The molecule has 0 radical (unpaired) electrons. The van der Waals surface area contributed by atoms with Gasteiger partial charge in [-0.15, -0.1) is 0 Å². The number of hydrogen-bond donors (Lipinski definition) is 2. The van der Waals surface area contributed by atoms with E-state index < -0.39 is 46.4 Å². The highest BCUT2D eigenvalue weighted by atomic mass is 19.1. The van der Waals surface area contributed by atoms with Crippen molar-refractivity contribution in [3.63, 3.8) is 0 Å². The van der Waals surface area contributed by atoms with E-state index in [1.165, 1.54) is 21.7 Å². The third kappa shape index (κ3) is 3.43. The Balaban J connectivity index is 1.61. The summed E-state index contributed by atoms with van der Waals surface area (Å²) in [5, 5.41) is 12.7.